The third kappa shape index (κ3) is 2.49. The van der Waals surface area contributed by atoms with Crippen LogP contribution in [0.1, 0.15) is 19.3 Å². The first-order valence-corrected chi connectivity index (χ1v) is 4.10. The van der Waals surface area contributed by atoms with Crippen molar-refractivity contribution in [3.63, 3.8) is 0 Å². The van der Waals surface area contributed by atoms with E-state index in [-0.39, 0.29) is 6.10 Å². The molecule has 2 atom stereocenters. The van der Waals surface area contributed by atoms with Crippen LogP contribution in [0, 0.1) is 17.2 Å². The first-order valence-electron chi connectivity index (χ1n) is 4.10. The molecule has 1 aliphatic carbocycles. The van der Waals surface area contributed by atoms with Gasteiger partial charge in [-0.2, -0.15) is 5.26 Å². The fourth-order valence-electron chi connectivity index (χ4n) is 1.57. The van der Waals surface area contributed by atoms with E-state index in [9.17, 15) is 5.11 Å². The lowest BCUT2D eigenvalue weighted by atomic mass is 10.1. The molecule has 0 aromatic carbocycles. The molecule has 1 rings (SSSR count). The minimum Gasteiger partial charge on any atom is -0.393 e. The summed E-state index contributed by atoms with van der Waals surface area (Å²) >= 11 is 0. The van der Waals surface area contributed by atoms with E-state index in [0.717, 1.165) is 25.8 Å². The van der Waals surface area contributed by atoms with Crippen molar-refractivity contribution in [2.75, 3.05) is 13.1 Å². The zero-order valence-electron chi connectivity index (χ0n) is 6.58. The number of nitrogens with one attached hydrogen (secondary N) is 1. The lowest BCUT2D eigenvalue weighted by Crippen LogP contribution is -2.27. The van der Waals surface area contributed by atoms with Crippen LogP contribution in [0.25, 0.3) is 0 Å². The number of aliphatic hydroxyl groups is 1. The minimum absolute atomic E-state index is 0.138. The molecule has 0 bridgehead atoms. The van der Waals surface area contributed by atoms with Crippen LogP contribution in [0.4, 0.5) is 0 Å². The van der Waals surface area contributed by atoms with E-state index < -0.39 is 0 Å². The quantitative estimate of drug-likeness (QED) is 0.453. The number of nitriles is 1. The van der Waals surface area contributed by atoms with Gasteiger partial charge in [0.05, 0.1) is 18.7 Å². The van der Waals surface area contributed by atoms with Gasteiger partial charge >= 0.3 is 0 Å². The molecule has 0 spiro atoms. The number of nitrogens with zero attached hydrogens (tertiary/aromatic N) is 1. The second kappa shape index (κ2) is 4.32. The summed E-state index contributed by atoms with van der Waals surface area (Å²) in [6.07, 6.45) is 3.01. The fraction of sp³-hybridized carbons (Fsp3) is 0.875. The van der Waals surface area contributed by atoms with Gasteiger partial charge in [-0.25, -0.2) is 0 Å². The van der Waals surface area contributed by atoms with E-state index in [0.29, 0.717) is 12.5 Å². The molecule has 0 heterocycles. The summed E-state index contributed by atoms with van der Waals surface area (Å²) in [4.78, 5) is 0. The summed E-state index contributed by atoms with van der Waals surface area (Å²) in [5.74, 6) is 0.378. The third-order valence-electron chi connectivity index (χ3n) is 2.23. The van der Waals surface area contributed by atoms with Gasteiger partial charge in [-0.3, -0.25) is 0 Å². The molecule has 0 aromatic rings. The van der Waals surface area contributed by atoms with Gasteiger partial charge < -0.3 is 10.4 Å². The maximum Gasteiger partial charge on any atom is 0.0841 e. The van der Waals surface area contributed by atoms with Gasteiger partial charge in [0.1, 0.15) is 0 Å². The molecule has 0 aliphatic heterocycles. The van der Waals surface area contributed by atoms with Crippen LogP contribution in [-0.2, 0) is 0 Å². The monoisotopic (exact) mass is 154 g/mol. The Morgan fingerprint density at radius 2 is 2.36 bits per heavy atom. The molecular weight excluding hydrogens is 140 g/mol. The Kier molecular flexibility index (Phi) is 3.34. The van der Waals surface area contributed by atoms with E-state index in [1.807, 2.05) is 6.07 Å². The highest BCUT2D eigenvalue weighted by atomic mass is 16.3. The van der Waals surface area contributed by atoms with Crippen molar-refractivity contribution in [1.82, 2.24) is 5.32 Å². The normalized spacial score (nSPS) is 30.2. The molecule has 0 radical (unpaired) electrons. The fourth-order valence-corrected chi connectivity index (χ4v) is 1.57. The average Bonchev–Trinajstić information content (AvgIpc) is 2.37. The summed E-state index contributed by atoms with van der Waals surface area (Å²) in [6.45, 7) is 1.18. The maximum atomic E-state index is 9.37. The van der Waals surface area contributed by atoms with Crippen molar-refractivity contribution in [1.29, 1.82) is 5.26 Å². The number of hydrogen-bond donors (Lipinski definition) is 2. The van der Waals surface area contributed by atoms with Crippen LogP contribution < -0.4 is 5.32 Å². The Bertz CT molecular complexity index is 153. The van der Waals surface area contributed by atoms with Crippen LogP contribution in [-0.4, -0.2) is 24.3 Å². The van der Waals surface area contributed by atoms with Gasteiger partial charge in [0, 0.05) is 6.54 Å². The Balaban J connectivity index is 2.11. The summed E-state index contributed by atoms with van der Waals surface area (Å²) in [5.41, 5.74) is 0. The highest BCUT2D eigenvalue weighted by Crippen LogP contribution is 2.24. The third-order valence-corrected chi connectivity index (χ3v) is 2.23. The molecule has 0 amide bonds. The molecule has 2 N–H and O–H groups in total. The molecule has 11 heavy (non-hydrogen) atoms. The van der Waals surface area contributed by atoms with Crippen molar-refractivity contribution < 1.29 is 5.11 Å². The van der Waals surface area contributed by atoms with Gasteiger partial charge in [-0.1, -0.05) is 6.42 Å². The zero-order chi connectivity index (χ0) is 8.10. The molecule has 2 unspecified atom stereocenters. The van der Waals surface area contributed by atoms with Crippen LogP contribution in [0.2, 0.25) is 0 Å². The van der Waals surface area contributed by atoms with Gasteiger partial charge in [-0.05, 0) is 18.8 Å². The van der Waals surface area contributed by atoms with Crippen molar-refractivity contribution in [3.8, 4) is 6.07 Å². The lowest BCUT2D eigenvalue weighted by molar-refractivity contribution is 0.132. The minimum atomic E-state index is -0.138. The van der Waals surface area contributed by atoms with Gasteiger partial charge in [-0.15, -0.1) is 0 Å². The van der Waals surface area contributed by atoms with E-state index >= 15 is 0 Å². The van der Waals surface area contributed by atoms with Crippen LogP contribution in [0.5, 0.6) is 0 Å². The predicted molar refractivity (Wildman–Crippen MR) is 41.8 cm³/mol. The Hall–Kier alpha value is -0.590. The van der Waals surface area contributed by atoms with Gasteiger partial charge in [0.2, 0.25) is 0 Å². The summed E-state index contributed by atoms with van der Waals surface area (Å²) in [5, 5.41) is 20.6. The molecule has 3 heteroatoms. The number of hydrogen-bond acceptors (Lipinski definition) is 3. The van der Waals surface area contributed by atoms with Crippen molar-refractivity contribution in [3.05, 3.63) is 0 Å². The second-order valence-electron chi connectivity index (χ2n) is 3.05. The molecule has 62 valence electrons. The SMILES string of the molecule is N#CCNCC1CCCC1O. The largest absolute Gasteiger partial charge is 0.393 e. The van der Waals surface area contributed by atoms with E-state index in [1.54, 1.807) is 0 Å². The van der Waals surface area contributed by atoms with Crippen LogP contribution in [0.3, 0.4) is 0 Å². The molecule has 0 saturated heterocycles. The first kappa shape index (κ1) is 8.51. The smallest absolute Gasteiger partial charge is 0.0841 e. The summed E-state index contributed by atoms with van der Waals surface area (Å²) in [7, 11) is 0. The van der Waals surface area contributed by atoms with E-state index in [1.165, 1.54) is 0 Å². The molecule has 1 saturated carbocycles. The van der Waals surface area contributed by atoms with Gasteiger partial charge in [0.25, 0.3) is 0 Å². The van der Waals surface area contributed by atoms with Crippen molar-refractivity contribution in [2.24, 2.45) is 5.92 Å². The lowest BCUT2D eigenvalue weighted by Gasteiger charge is -2.13. The van der Waals surface area contributed by atoms with Gasteiger partial charge in [0.15, 0.2) is 0 Å². The second-order valence-corrected chi connectivity index (χ2v) is 3.05. The molecule has 1 fully saturated rings. The zero-order valence-corrected chi connectivity index (χ0v) is 6.58. The van der Waals surface area contributed by atoms with Crippen LogP contribution >= 0.6 is 0 Å². The van der Waals surface area contributed by atoms with Crippen molar-refractivity contribution in [2.45, 2.75) is 25.4 Å². The predicted octanol–water partition coefficient (Wildman–Crippen LogP) is 0.261. The molecule has 3 nitrogen and oxygen atoms in total. The number of rotatable bonds is 3. The Labute approximate surface area is 67.0 Å². The Morgan fingerprint density at radius 1 is 1.55 bits per heavy atom. The highest BCUT2D eigenvalue weighted by molar-refractivity contribution is 4.80. The standard InChI is InChI=1S/C8H14N2O/c9-4-5-10-6-7-2-1-3-8(7)11/h7-8,10-11H,1-3,5-6H2. The molecule has 1 aliphatic rings. The molecular formula is C8H14N2O. The maximum absolute atomic E-state index is 9.37. The van der Waals surface area contributed by atoms with E-state index in [4.69, 9.17) is 5.26 Å². The van der Waals surface area contributed by atoms with Crippen molar-refractivity contribution >= 4 is 0 Å². The topological polar surface area (TPSA) is 56.0 Å². The molecule has 0 aromatic heterocycles. The van der Waals surface area contributed by atoms with Crippen LogP contribution in [0.15, 0.2) is 0 Å². The highest BCUT2D eigenvalue weighted by Gasteiger charge is 2.24. The Morgan fingerprint density at radius 3 is 2.91 bits per heavy atom. The summed E-state index contributed by atoms with van der Waals surface area (Å²) < 4.78 is 0. The first-order chi connectivity index (χ1) is 5.34. The average molecular weight is 154 g/mol. The van der Waals surface area contributed by atoms with E-state index in [2.05, 4.69) is 5.32 Å². The number of aliphatic hydroxyl groups excluding tert-OH is 1. The summed E-state index contributed by atoms with van der Waals surface area (Å²) in [6, 6.07) is 2.01.